The first-order valence-electron chi connectivity index (χ1n) is 4.61. The van der Waals surface area contributed by atoms with Gasteiger partial charge in [-0.25, -0.2) is 0 Å². The average Bonchev–Trinajstić information content (AvgIpc) is 2.06. The molecule has 1 fully saturated rings. The minimum Gasteiger partial charge on any atom is -0.400 e. The molecular weight excluding hydrogens is 188 g/mol. The van der Waals surface area contributed by atoms with Gasteiger partial charge in [0.25, 0.3) is 0 Å². The fourth-order valence-corrected chi connectivity index (χ4v) is 1.64. The van der Waals surface area contributed by atoms with Crippen molar-refractivity contribution in [2.45, 2.75) is 43.6 Å². The van der Waals surface area contributed by atoms with Gasteiger partial charge in [-0.15, -0.1) is 0 Å². The number of hydrogen-bond donors (Lipinski definition) is 3. The minimum absolute atomic E-state index is 0.152. The number of rotatable bonds is 2. The van der Waals surface area contributed by atoms with Crippen LogP contribution < -0.4 is 0 Å². The molecule has 1 aliphatic heterocycles. The minimum atomic E-state index is -0.152. The van der Waals surface area contributed by atoms with Crippen molar-refractivity contribution in [3.05, 3.63) is 0 Å². The molecule has 1 aliphatic rings. The van der Waals surface area contributed by atoms with E-state index >= 15 is 0 Å². The first kappa shape index (κ1) is 13.2. The second-order valence-electron chi connectivity index (χ2n) is 3.26. The maximum absolute atomic E-state index is 9.29. The summed E-state index contributed by atoms with van der Waals surface area (Å²) in [6.45, 7) is 2.75. The topological polar surface area (TPSA) is 49.7 Å². The molecule has 13 heavy (non-hydrogen) atoms. The number of hydrogen-bond acceptors (Lipinski definition) is 4. The summed E-state index contributed by atoms with van der Waals surface area (Å²) in [4.78, 5) is 0. The molecule has 0 aromatic rings. The van der Waals surface area contributed by atoms with Gasteiger partial charge in [-0.05, 0) is 19.3 Å². The zero-order valence-corrected chi connectivity index (χ0v) is 9.20. The Balaban J connectivity index is 0.000000671. The van der Waals surface area contributed by atoms with Gasteiger partial charge < -0.3 is 14.9 Å². The van der Waals surface area contributed by atoms with E-state index in [4.69, 9.17) is 9.84 Å². The highest BCUT2D eigenvalue weighted by Crippen LogP contribution is 2.19. The van der Waals surface area contributed by atoms with Crippen LogP contribution in [-0.4, -0.2) is 41.4 Å². The number of ether oxygens (including phenoxy) is 1. The Morgan fingerprint density at radius 2 is 2.15 bits per heavy atom. The number of thiol groups is 1. The molecule has 0 aliphatic carbocycles. The van der Waals surface area contributed by atoms with Gasteiger partial charge >= 0.3 is 0 Å². The van der Waals surface area contributed by atoms with Crippen LogP contribution in [0.25, 0.3) is 0 Å². The zero-order chi connectivity index (χ0) is 10.3. The average molecular weight is 208 g/mol. The lowest BCUT2D eigenvalue weighted by molar-refractivity contribution is -0.0456. The first-order valence-corrected chi connectivity index (χ1v) is 5.12. The van der Waals surface area contributed by atoms with Crippen LogP contribution in [0.3, 0.4) is 0 Å². The third-order valence-electron chi connectivity index (χ3n) is 1.94. The van der Waals surface area contributed by atoms with Gasteiger partial charge in [0.2, 0.25) is 0 Å². The lowest BCUT2D eigenvalue weighted by Gasteiger charge is -2.27. The maximum Gasteiger partial charge on any atom is 0.0610 e. The summed E-state index contributed by atoms with van der Waals surface area (Å²) in [6, 6.07) is 0. The van der Waals surface area contributed by atoms with Gasteiger partial charge in [0.1, 0.15) is 0 Å². The molecule has 0 bridgehead atoms. The lowest BCUT2D eigenvalue weighted by atomic mass is 10.0. The van der Waals surface area contributed by atoms with E-state index in [1.165, 1.54) is 0 Å². The lowest BCUT2D eigenvalue weighted by Crippen LogP contribution is -2.30. The standard InChI is InChI=1S/C8H16O2S.CH4O/c1-6(11)4-8-5-7(9)2-3-10-8;1-2/h6-9,11H,2-5H2,1H3;2H,1H3. The summed E-state index contributed by atoms with van der Waals surface area (Å²) in [6.07, 6.45) is 2.59. The summed E-state index contributed by atoms with van der Waals surface area (Å²) in [5, 5.41) is 16.7. The van der Waals surface area contributed by atoms with E-state index in [2.05, 4.69) is 12.6 Å². The van der Waals surface area contributed by atoms with Crippen molar-refractivity contribution >= 4 is 12.6 Å². The van der Waals surface area contributed by atoms with Crippen molar-refractivity contribution in [1.29, 1.82) is 0 Å². The van der Waals surface area contributed by atoms with Crippen molar-refractivity contribution in [2.24, 2.45) is 0 Å². The van der Waals surface area contributed by atoms with Gasteiger partial charge in [0.15, 0.2) is 0 Å². The van der Waals surface area contributed by atoms with E-state index in [1.54, 1.807) is 0 Å². The molecule has 3 unspecified atom stereocenters. The third-order valence-corrected chi connectivity index (χ3v) is 2.15. The van der Waals surface area contributed by atoms with Crippen LogP contribution in [0.15, 0.2) is 0 Å². The monoisotopic (exact) mass is 208 g/mol. The highest BCUT2D eigenvalue weighted by atomic mass is 32.1. The Morgan fingerprint density at radius 1 is 1.54 bits per heavy atom. The summed E-state index contributed by atoms with van der Waals surface area (Å²) in [7, 11) is 1.00. The van der Waals surface area contributed by atoms with Crippen LogP contribution >= 0.6 is 12.6 Å². The molecule has 0 aromatic carbocycles. The molecule has 0 spiro atoms. The van der Waals surface area contributed by atoms with E-state index in [1.807, 2.05) is 6.92 Å². The Bertz CT molecular complexity index is 117. The second-order valence-corrected chi connectivity index (χ2v) is 4.14. The van der Waals surface area contributed by atoms with Crippen molar-refractivity contribution in [3.8, 4) is 0 Å². The van der Waals surface area contributed by atoms with Crippen LogP contribution in [0.1, 0.15) is 26.2 Å². The molecule has 80 valence electrons. The smallest absolute Gasteiger partial charge is 0.0610 e. The fourth-order valence-electron chi connectivity index (χ4n) is 1.40. The van der Waals surface area contributed by atoms with E-state index in [9.17, 15) is 5.11 Å². The predicted octanol–water partition coefficient (Wildman–Crippen LogP) is 0.843. The molecule has 3 nitrogen and oxygen atoms in total. The van der Waals surface area contributed by atoms with E-state index in [0.717, 1.165) is 26.4 Å². The third kappa shape index (κ3) is 6.32. The highest BCUT2D eigenvalue weighted by Gasteiger charge is 2.21. The predicted molar refractivity (Wildman–Crippen MR) is 56.2 cm³/mol. The van der Waals surface area contributed by atoms with Gasteiger partial charge in [-0.1, -0.05) is 6.92 Å². The molecule has 4 heteroatoms. The van der Waals surface area contributed by atoms with Gasteiger partial charge in [0, 0.05) is 19.0 Å². The Labute approximate surface area is 85.5 Å². The van der Waals surface area contributed by atoms with Crippen LogP contribution in [0.5, 0.6) is 0 Å². The molecular formula is C9H20O3S. The molecule has 2 N–H and O–H groups in total. The highest BCUT2D eigenvalue weighted by molar-refractivity contribution is 7.80. The molecule has 0 saturated carbocycles. The number of aliphatic hydroxyl groups is 2. The van der Waals surface area contributed by atoms with Crippen LogP contribution in [0, 0.1) is 0 Å². The Kier molecular flexibility index (Phi) is 7.75. The second kappa shape index (κ2) is 7.62. The Morgan fingerprint density at radius 3 is 2.62 bits per heavy atom. The molecule has 0 amide bonds. The van der Waals surface area contributed by atoms with Crippen molar-refractivity contribution < 1.29 is 14.9 Å². The largest absolute Gasteiger partial charge is 0.400 e. The normalized spacial score (nSPS) is 30.2. The van der Waals surface area contributed by atoms with Crippen LogP contribution in [0.4, 0.5) is 0 Å². The van der Waals surface area contributed by atoms with Crippen molar-refractivity contribution in [2.75, 3.05) is 13.7 Å². The van der Waals surface area contributed by atoms with Gasteiger partial charge in [0.05, 0.1) is 12.2 Å². The van der Waals surface area contributed by atoms with Gasteiger partial charge in [-0.2, -0.15) is 12.6 Å². The molecule has 0 radical (unpaired) electrons. The summed E-state index contributed by atoms with van der Waals surface area (Å²) < 4.78 is 5.45. The van der Waals surface area contributed by atoms with E-state index < -0.39 is 0 Å². The quantitative estimate of drug-likeness (QED) is 0.590. The van der Waals surface area contributed by atoms with Gasteiger partial charge in [-0.3, -0.25) is 0 Å². The Hall–Kier alpha value is 0.230. The molecule has 3 atom stereocenters. The summed E-state index contributed by atoms with van der Waals surface area (Å²) in [5.41, 5.74) is 0. The molecule has 1 heterocycles. The van der Waals surface area contributed by atoms with Crippen LogP contribution in [-0.2, 0) is 4.74 Å². The van der Waals surface area contributed by atoms with Crippen LogP contribution in [0.2, 0.25) is 0 Å². The SMILES string of the molecule is CC(S)CC1CC(O)CCO1.CO. The van der Waals surface area contributed by atoms with E-state index in [0.29, 0.717) is 11.9 Å². The fraction of sp³-hybridized carbons (Fsp3) is 1.00. The van der Waals surface area contributed by atoms with E-state index in [-0.39, 0.29) is 12.2 Å². The molecule has 0 aromatic heterocycles. The maximum atomic E-state index is 9.29. The zero-order valence-electron chi connectivity index (χ0n) is 8.31. The number of aliphatic hydroxyl groups excluding tert-OH is 2. The first-order chi connectivity index (χ1) is 6.18. The summed E-state index contributed by atoms with van der Waals surface area (Å²) >= 11 is 4.28. The van der Waals surface area contributed by atoms with Crippen molar-refractivity contribution in [1.82, 2.24) is 0 Å². The summed E-state index contributed by atoms with van der Waals surface area (Å²) in [5.74, 6) is 0. The molecule has 1 saturated heterocycles. The van der Waals surface area contributed by atoms with Crippen molar-refractivity contribution in [3.63, 3.8) is 0 Å². The molecule has 1 rings (SSSR count).